The largest absolute Gasteiger partial charge is 0.451 e. The van der Waals surface area contributed by atoms with Gasteiger partial charge in [-0.05, 0) is 28.8 Å². The van der Waals surface area contributed by atoms with Crippen molar-refractivity contribution in [1.82, 2.24) is 14.9 Å². The average molecular weight is 445 g/mol. The molecule has 0 aliphatic carbocycles. The van der Waals surface area contributed by atoms with Crippen LogP contribution in [0.5, 0.6) is 0 Å². The van der Waals surface area contributed by atoms with Gasteiger partial charge in [0.25, 0.3) is 0 Å². The maximum atomic E-state index is 12.3. The van der Waals surface area contributed by atoms with Crippen molar-refractivity contribution in [2.24, 2.45) is 12.8 Å². The number of carbonyl (C=O) groups is 1. The molecule has 2 atom stereocenters. The van der Waals surface area contributed by atoms with Gasteiger partial charge in [-0.15, -0.1) is 0 Å². The number of aryl methyl sites for hydroxylation is 1. The maximum absolute atomic E-state index is 12.3. The van der Waals surface area contributed by atoms with Crippen LogP contribution in [0.4, 0.5) is 0 Å². The summed E-state index contributed by atoms with van der Waals surface area (Å²) in [7, 11) is 1.67. The fourth-order valence-corrected chi connectivity index (χ4v) is 3.67. The van der Waals surface area contributed by atoms with Crippen LogP contribution in [0.3, 0.4) is 0 Å². The first-order chi connectivity index (χ1) is 15.9. The zero-order valence-electron chi connectivity index (χ0n) is 18.0. The number of hydrogen-bond acceptors (Lipinski definition) is 7. The molecule has 9 nitrogen and oxygen atoms in total. The zero-order valence-corrected chi connectivity index (χ0v) is 18.0. The lowest BCUT2D eigenvalue weighted by atomic mass is 10.0. The Balaban J connectivity index is 1.37. The minimum absolute atomic E-state index is 0.0863. The Hall–Kier alpha value is -4.16. The van der Waals surface area contributed by atoms with E-state index < -0.39 is 17.8 Å². The Morgan fingerprint density at radius 2 is 1.97 bits per heavy atom. The van der Waals surface area contributed by atoms with E-state index >= 15 is 0 Å². The van der Waals surface area contributed by atoms with Crippen molar-refractivity contribution in [3.63, 3.8) is 0 Å². The van der Waals surface area contributed by atoms with Gasteiger partial charge < -0.3 is 19.9 Å². The monoisotopic (exact) mass is 445 g/mol. The van der Waals surface area contributed by atoms with E-state index in [0.29, 0.717) is 24.1 Å². The fraction of sp³-hybridized carbons (Fsp3) is 0.250. The second-order valence-electron chi connectivity index (χ2n) is 7.91. The second-order valence-corrected chi connectivity index (χ2v) is 7.91. The van der Waals surface area contributed by atoms with Gasteiger partial charge in [0, 0.05) is 32.4 Å². The molecule has 0 saturated carbocycles. The molecule has 4 aromatic rings. The topological polar surface area (TPSA) is 140 Å². The highest BCUT2D eigenvalue weighted by molar-refractivity contribution is 5.80. The highest BCUT2D eigenvalue weighted by atomic mass is 16.4. The minimum atomic E-state index is -0.667. The molecular formula is C24H23N5O4. The summed E-state index contributed by atoms with van der Waals surface area (Å²) >= 11 is 0. The van der Waals surface area contributed by atoms with Crippen molar-refractivity contribution < 1.29 is 13.6 Å². The number of nitrogens with zero attached hydrogens (tertiary/aromatic N) is 3. The summed E-state index contributed by atoms with van der Waals surface area (Å²) in [6, 6.07) is 14.3. The fourth-order valence-electron chi connectivity index (χ4n) is 3.67. The molecule has 4 rings (SSSR count). The molecule has 0 radical (unpaired) electrons. The molecule has 3 N–H and O–H groups in total. The van der Waals surface area contributed by atoms with Gasteiger partial charge in [-0.1, -0.05) is 30.3 Å². The smallest absolute Gasteiger partial charge is 0.419 e. The molecule has 0 spiro atoms. The van der Waals surface area contributed by atoms with Crippen molar-refractivity contribution in [3.8, 4) is 17.2 Å². The van der Waals surface area contributed by atoms with Crippen LogP contribution in [0.1, 0.15) is 17.7 Å². The van der Waals surface area contributed by atoms with Crippen LogP contribution in [0, 0.1) is 11.3 Å². The highest BCUT2D eigenvalue weighted by Gasteiger charge is 2.16. The third kappa shape index (κ3) is 5.19. The Morgan fingerprint density at radius 3 is 2.67 bits per heavy atom. The number of nitriles is 1. The molecule has 1 amide bonds. The van der Waals surface area contributed by atoms with Gasteiger partial charge in [0.2, 0.25) is 5.91 Å². The van der Waals surface area contributed by atoms with Crippen molar-refractivity contribution in [3.05, 3.63) is 76.9 Å². The molecule has 0 aliphatic rings. The van der Waals surface area contributed by atoms with Gasteiger partial charge in [0.15, 0.2) is 12.0 Å². The number of hydrogen-bond donors (Lipinski definition) is 2. The number of fused-ring (bicyclic) bond motifs is 1. The van der Waals surface area contributed by atoms with Crippen molar-refractivity contribution >= 4 is 17.0 Å². The number of carbonyl (C=O) groups excluding carboxylic acids is 1. The van der Waals surface area contributed by atoms with E-state index in [1.807, 2.05) is 36.4 Å². The summed E-state index contributed by atoms with van der Waals surface area (Å²) in [6.45, 7) is 0. The summed E-state index contributed by atoms with van der Waals surface area (Å²) in [5.74, 6) is -0.686. The van der Waals surface area contributed by atoms with Gasteiger partial charge >= 0.3 is 5.76 Å². The Kier molecular flexibility index (Phi) is 6.38. The van der Waals surface area contributed by atoms with Crippen LogP contribution in [0.15, 0.2) is 68.8 Å². The number of oxazole rings is 2. The van der Waals surface area contributed by atoms with Crippen molar-refractivity contribution in [2.45, 2.75) is 31.3 Å². The van der Waals surface area contributed by atoms with Crippen LogP contribution < -0.4 is 16.8 Å². The Labute approximate surface area is 189 Å². The summed E-state index contributed by atoms with van der Waals surface area (Å²) in [6.07, 6.45) is 3.69. The predicted molar refractivity (Wildman–Crippen MR) is 121 cm³/mol. The van der Waals surface area contributed by atoms with Gasteiger partial charge in [0.1, 0.15) is 12.3 Å². The van der Waals surface area contributed by atoms with Crippen LogP contribution >= 0.6 is 0 Å². The first-order valence-corrected chi connectivity index (χ1v) is 10.4. The molecule has 1 unspecified atom stereocenters. The maximum Gasteiger partial charge on any atom is 0.419 e. The number of nitrogens with one attached hydrogen (secondary N) is 1. The first kappa shape index (κ1) is 22.0. The molecule has 9 heteroatoms. The van der Waals surface area contributed by atoms with Gasteiger partial charge in [-0.2, -0.15) is 5.26 Å². The number of nitrogens with two attached hydrogens (primary N) is 1. The highest BCUT2D eigenvalue weighted by Crippen LogP contribution is 2.24. The van der Waals surface area contributed by atoms with Crippen molar-refractivity contribution in [2.75, 3.05) is 0 Å². The van der Waals surface area contributed by atoms with E-state index in [9.17, 15) is 14.9 Å². The molecule has 2 aromatic heterocycles. The summed E-state index contributed by atoms with van der Waals surface area (Å²) in [5, 5.41) is 12.2. The van der Waals surface area contributed by atoms with Crippen LogP contribution in [0.2, 0.25) is 0 Å². The summed E-state index contributed by atoms with van der Waals surface area (Å²) in [4.78, 5) is 28.0. The van der Waals surface area contributed by atoms with Gasteiger partial charge in [0.05, 0.1) is 17.3 Å². The molecule has 33 heavy (non-hydrogen) atoms. The minimum Gasteiger partial charge on any atom is -0.451 e. The Morgan fingerprint density at radius 1 is 1.21 bits per heavy atom. The normalized spacial score (nSPS) is 12.9. The molecule has 168 valence electrons. The number of benzene rings is 2. The molecule has 2 heterocycles. The third-order valence-electron chi connectivity index (χ3n) is 5.41. The van der Waals surface area contributed by atoms with Crippen LogP contribution in [0.25, 0.3) is 22.2 Å². The molecule has 2 aromatic carbocycles. The molecule has 0 bridgehead atoms. The standard InChI is InChI=1S/C24H23N5O4/c1-29-21-9-17(6-7-22(21)33-24(29)31)16-4-2-15(3-5-16)8-19(12-25)28-23(30)11-18(26)10-20-13-32-14-27-20/h2-7,9,13-14,18-19H,8,10-11,26H2,1H3,(H,28,30)/t18?,19-/m0/s1. The molecule has 0 aliphatic heterocycles. The lowest BCUT2D eigenvalue weighted by Gasteiger charge is -2.14. The van der Waals surface area contributed by atoms with Crippen LogP contribution in [-0.2, 0) is 24.7 Å². The SMILES string of the molecule is Cn1c(=O)oc2ccc(-c3ccc(C[C@@H](C#N)NC(=O)CC(N)Cc4cocn4)cc3)cc21. The molecular weight excluding hydrogens is 422 g/mol. The van der Waals surface area contributed by atoms with E-state index in [-0.39, 0.29) is 12.3 Å². The number of aromatic nitrogens is 2. The van der Waals surface area contributed by atoms with Crippen molar-refractivity contribution in [1.29, 1.82) is 5.26 Å². The van der Waals surface area contributed by atoms with E-state index in [2.05, 4.69) is 16.4 Å². The number of rotatable bonds is 8. The van der Waals surface area contributed by atoms with Gasteiger partial charge in [-0.25, -0.2) is 9.78 Å². The summed E-state index contributed by atoms with van der Waals surface area (Å²) < 4.78 is 11.5. The van der Waals surface area contributed by atoms with Crippen LogP contribution in [-0.4, -0.2) is 27.5 Å². The van der Waals surface area contributed by atoms with E-state index in [1.54, 1.807) is 13.1 Å². The average Bonchev–Trinajstić information content (AvgIpc) is 3.41. The lowest BCUT2D eigenvalue weighted by Crippen LogP contribution is -2.39. The lowest BCUT2D eigenvalue weighted by molar-refractivity contribution is -0.121. The van der Waals surface area contributed by atoms with E-state index in [4.69, 9.17) is 14.6 Å². The van der Waals surface area contributed by atoms with E-state index in [1.165, 1.54) is 17.2 Å². The zero-order chi connectivity index (χ0) is 23.4. The third-order valence-corrected chi connectivity index (χ3v) is 5.41. The Bertz CT molecular complexity index is 1350. The molecule has 0 saturated heterocycles. The number of amides is 1. The van der Waals surface area contributed by atoms with E-state index in [0.717, 1.165) is 22.2 Å². The predicted octanol–water partition coefficient (Wildman–Crippen LogP) is 2.30. The summed E-state index contributed by atoms with van der Waals surface area (Å²) in [5.41, 5.74) is 10.8. The first-order valence-electron chi connectivity index (χ1n) is 10.4. The van der Waals surface area contributed by atoms with Gasteiger partial charge in [-0.3, -0.25) is 9.36 Å². The second kappa shape index (κ2) is 9.54. The quantitative estimate of drug-likeness (QED) is 0.424. The molecule has 0 fully saturated rings.